The van der Waals surface area contributed by atoms with Gasteiger partial charge in [0.05, 0.1) is 49.3 Å². The number of hydrogen-bond donors (Lipinski definition) is 1. The van der Waals surface area contributed by atoms with E-state index in [9.17, 15) is 4.79 Å². The van der Waals surface area contributed by atoms with Gasteiger partial charge in [-0.1, -0.05) is 18.2 Å². The zero-order chi connectivity index (χ0) is 30.2. The molecule has 0 bridgehead atoms. The molecule has 2 aliphatic heterocycles. The summed E-state index contributed by atoms with van der Waals surface area (Å²) in [6.45, 7) is 6.99. The Morgan fingerprint density at radius 3 is 2.77 bits per heavy atom. The Morgan fingerprint density at radius 1 is 1.07 bits per heavy atom. The van der Waals surface area contributed by atoms with E-state index in [0.717, 1.165) is 83.1 Å². The van der Waals surface area contributed by atoms with Crippen LogP contribution in [0.15, 0.2) is 60.8 Å². The van der Waals surface area contributed by atoms with Crippen molar-refractivity contribution in [3.8, 4) is 22.9 Å². The maximum absolute atomic E-state index is 14.1. The van der Waals surface area contributed by atoms with Gasteiger partial charge in [0.25, 0.3) is 0 Å². The Morgan fingerprint density at radius 2 is 1.95 bits per heavy atom. The molecular formula is C34H38N6O4. The molecule has 2 aliphatic rings. The number of hydrogen-bond acceptors (Lipinski definition) is 7. The van der Waals surface area contributed by atoms with E-state index in [1.54, 1.807) is 14.2 Å². The largest absolute Gasteiger partial charge is 0.497 e. The molecule has 44 heavy (non-hydrogen) atoms. The summed E-state index contributed by atoms with van der Waals surface area (Å²) >= 11 is 0. The molecule has 10 heteroatoms. The Balaban J connectivity index is 1.20. The van der Waals surface area contributed by atoms with Crippen molar-refractivity contribution in [2.75, 3.05) is 53.6 Å². The minimum Gasteiger partial charge on any atom is -0.497 e. The summed E-state index contributed by atoms with van der Waals surface area (Å²) in [5.74, 6) is 2.64. The number of carbonyl (C=O) groups excluding carboxylic acids is 1. The lowest BCUT2D eigenvalue weighted by Crippen LogP contribution is -2.52. The van der Waals surface area contributed by atoms with E-state index >= 15 is 0 Å². The highest BCUT2D eigenvalue weighted by molar-refractivity contribution is 5.86. The molecular weight excluding hydrogens is 556 g/mol. The van der Waals surface area contributed by atoms with E-state index in [4.69, 9.17) is 24.2 Å². The average Bonchev–Trinajstić information content (AvgIpc) is 3.81. The Bertz CT molecular complexity index is 1810. The number of aryl methyl sites for hydroxylation is 1. The highest BCUT2D eigenvalue weighted by Crippen LogP contribution is 2.33. The van der Waals surface area contributed by atoms with Crippen molar-refractivity contribution in [1.29, 1.82) is 0 Å². The van der Waals surface area contributed by atoms with E-state index in [0.29, 0.717) is 24.9 Å². The van der Waals surface area contributed by atoms with Gasteiger partial charge in [0.1, 0.15) is 24.2 Å². The molecule has 0 radical (unpaired) electrons. The van der Waals surface area contributed by atoms with Crippen LogP contribution in [0, 0.1) is 12.8 Å². The average molecular weight is 595 g/mol. The van der Waals surface area contributed by atoms with Crippen molar-refractivity contribution in [2.24, 2.45) is 5.92 Å². The van der Waals surface area contributed by atoms with Gasteiger partial charge in [-0.05, 0) is 49.6 Å². The number of pyridine rings is 1. The second kappa shape index (κ2) is 11.9. The highest BCUT2D eigenvalue weighted by Gasteiger charge is 2.35. The number of rotatable bonds is 8. The maximum Gasteiger partial charge on any atom is 0.243 e. The monoisotopic (exact) mass is 594 g/mol. The first-order valence-corrected chi connectivity index (χ1v) is 15.2. The topological polar surface area (TPSA) is 97.7 Å². The van der Waals surface area contributed by atoms with Crippen molar-refractivity contribution in [3.05, 3.63) is 72.3 Å². The van der Waals surface area contributed by atoms with Gasteiger partial charge in [0.15, 0.2) is 0 Å². The van der Waals surface area contributed by atoms with Gasteiger partial charge in [-0.25, -0.2) is 9.97 Å². The summed E-state index contributed by atoms with van der Waals surface area (Å²) in [5, 5.41) is 2.11. The summed E-state index contributed by atoms with van der Waals surface area (Å²) in [6.07, 6.45) is 2.90. The molecule has 5 aromatic rings. The number of piperazine rings is 1. The third-order valence-corrected chi connectivity index (χ3v) is 9.02. The summed E-state index contributed by atoms with van der Waals surface area (Å²) in [5.41, 5.74) is 4.54. The third-order valence-electron chi connectivity index (χ3n) is 9.02. The first-order valence-electron chi connectivity index (χ1n) is 15.2. The molecule has 0 spiro atoms. The number of aromatic amines is 1. The van der Waals surface area contributed by atoms with Crippen LogP contribution < -0.4 is 9.47 Å². The van der Waals surface area contributed by atoms with Crippen LogP contribution in [-0.4, -0.2) is 88.8 Å². The molecule has 7 rings (SSSR count). The van der Waals surface area contributed by atoms with Crippen molar-refractivity contribution >= 4 is 27.7 Å². The number of para-hydroxylation sites is 1. The lowest BCUT2D eigenvalue weighted by atomic mass is 10.1. The molecule has 1 N–H and O–H groups in total. The molecule has 2 atom stereocenters. The van der Waals surface area contributed by atoms with Gasteiger partial charge in [0, 0.05) is 55.3 Å². The zero-order valence-corrected chi connectivity index (χ0v) is 25.5. The van der Waals surface area contributed by atoms with E-state index in [1.807, 2.05) is 60.5 Å². The molecule has 1 unspecified atom stereocenters. The predicted octanol–water partition coefficient (Wildman–Crippen LogP) is 4.83. The maximum atomic E-state index is 14.1. The number of benzene rings is 2. The molecule has 5 heterocycles. The smallest absolute Gasteiger partial charge is 0.243 e. The Hall–Kier alpha value is -4.41. The standard InChI is InChI=1S/C34H38N6O4/c1-22-14-25-8-9-26(42-2)16-30(25)40(22)20-32(41)39-12-11-38(18-23-10-13-44-21-23)19-31(39)33-35-17-29(36-33)27-15-24-6-4-5-7-28(24)37-34(27)43-3/h4-9,14-17,23,31H,10-13,18-21H2,1-3H3,(H,35,36)/t23?,31-/m0/s1. The van der Waals surface area contributed by atoms with Crippen molar-refractivity contribution in [2.45, 2.75) is 25.9 Å². The van der Waals surface area contributed by atoms with Crippen LogP contribution in [0.1, 0.15) is 24.0 Å². The van der Waals surface area contributed by atoms with Crippen LogP contribution in [0.4, 0.5) is 0 Å². The second-order valence-corrected chi connectivity index (χ2v) is 11.8. The van der Waals surface area contributed by atoms with Crippen LogP contribution in [-0.2, 0) is 16.1 Å². The van der Waals surface area contributed by atoms with E-state index < -0.39 is 0 Å². The van der Waals surface area contributed by atoms with E-state index in [-0.39, 0.29) is 18.5 Å². The van der Waals surface area contributed by atoms with Crippen LogP contribution in [0.2, 0.25) is 0 Å². The zero-order valence-electron chi connectivity index (χ0n) is 25.5. The van der Waals surface area contributed by atoms with Crippen molar-refractivity contribution in [3.63, 3.8) is 0 Å². The fourth-order valence-electron chi connectivity index (χ4n) is 6.66. The number of fused-ring (bicyclic) bond motifs is 2. The van der Waals surface area contributed by atoms with Crippen LogP contribution >= 0.6 is 0 Å². The number of nitrogens with zero attached hydrogens (tertiary/aromatic N) is 5. The summed E-state index contributed by atoms with van der Waals surface area (Å²) in [6, 6.07) is 17.9. The highest BCUT2D eigenvalue weighted by atomic mass is 16.5. The number of imidazole rings is 1. The molecule has 228 valence electrons. The summed E-state index contributed by atoms with van der Waals surface area (Å²) in [7, 11) is 3.29. The fraction of sp³-hybridized carbons (Fsp3) is 0.382. The first kappa shape index (κ1) is 28.4. The van der Waals surface area contributed by atoms with Gasteiger partial charge in [-0.15, -0.1) is 0 Å². The van der Waals surface area contributed by atoms with E-state index in [1.165, 1.54) is 0 Å². The van der Waals surface area contributed by atoms with Crippen LogP contribution in [0.3, 0.4) is 0 Å². The van der Waals surface area contributed by atoms with Gasteiger partial charge < -0.3 is 28.7 Å². The Labute approximate surface area is 256 Å². The normalized spacial score (nSPS) is 19.2. The van der Waals surface area contributed by atoms with Crippen LogP contribution in [0.25, 0.3) is 33.1 Å². The number of nitrogens with one attached hydrogen (secondary N) is 1. The van der Waals surface area contributed by atoms with Crippen molar-refractivity contribution in [1.82, 2.24) is 29.3 Å². The molecule has 3 aromatic heterocycles. The quantitative estimate of drug-likeness (QED) is 0.275. The SMILES string of the molecule is COc1ccc2cc(C)n(CC(=O)N3CCN(CC4CCOC4)C[C@H]3c3ncc(-c4cc5ccccc5nc4OC)[nH]3)c2c1. The predicted molar refractivity (Wildman–Crippen MR) is 169 cm³/mol. The fourth-order valence-corrected chi connectivity index (χ4v) is 6.66. The van der Waals surface area contributed by atoms with Gasteiger partial charge >= 0.3 is 0 Å². The lowest BCUT2D eigenvalue weighted by molar-refractivity contribution is -0.137. The van der Waals surface area contributed by atoms with Crippen molar-refractivity contribution < 1.29 is 19.0 Å². The number of methoxy groups -OCH3 is 2. The number of ether oxygens (including phenoxy) is 3. The minimum absolute atomic E-state index is 0.0603. The number of aromatic nitrogens is 4. The number of carbonyl (C=O) groups is 1. The molecule has 1 amide bonds. The molecule has 10 nitrogen and oxygen atoms in total. The van der Waals surface area contributed by atoms with Gasteiger partial charge in [-0.2, -0.15) is 0 Å². The van der Waals surface area contributed by atoms with Gasteiger partial charge in [-0.3, -0.25) is 9.69 Å². The lowest BCUT2D eigenvalue weighted by Gasteiger charge is -2.41. The molecule has 2 aromatic carbocycles. The van der Waals surface area contributed by atoms with E-state index in [2.05, 4.69) is 26.6 Å². The molecule has 2 saturated heterocycles. The third kappa shape index (κ3) is 5.39. The number of amides is 1. The van der Waals surface area contributed by atoms with Gasteiger partial charge in [0.2, 0.25) is 11.8 Å². The number of H-pyrrole nitrogens is 1. The van der Waals surface area contributed by atoms with Crippen LogP contribution in [0.5, 0.6) is 11.6 Å². The second-order valence-electron chi connectivity index (χ2n) is 11.8. The minimum atomic E-state index is -0.233. The molecule has 0 saturated carbocycles. The summed E-state index contributed by atoms with van der Waals surface area (Å²) < 4.78 is 18.9. The Kier molecular flexibility index (Phi) is 7.69. The molecule has 2 fully saturated rings. The summed E-state index contributed by atoms with van der Waals surface area (Å²) in [4.78, 5) is 31.7. The first-order chi connectivity index (χ1) is 21.5. The molecule has 0 aliphatic carbocycles.